The highest BCUT2D eigenvalue weighted by atomic mass is 16.3. The van der Waals surface area contributed by atoms with Crippen molar-refractivity contribution < 1.29 is 10.2 Å². The van der Waals surface area contributed by atoms with E-state index in [0.29, 0.717) is 23.3 Å². The first-order valence-electron chi connectivity index (χ1n) is 13.4. The van der Waals surface area contributed by atoms with E-state index in [1.165, 1.54) is 106 Å². The van der Waals surface area contributed by atoms with Crippen LogP contribution in [0.25, 0.3) is 0 Å². The molecule has 172 valence electrons. The van der Waals surface area contributed by atoms with Gasteiger partial charge in [0, 0.05) is 16.5 Å². The summed E-state index contributed by atoms with van der Waals surface area (Å²) in [6.45, 7) is 0. The van der Waals surface area contributed by atoms with E-state index in [0.717, 1.165) is 12.8 Å². The number of rotatable bonds is 4. The molecule has 5 rings (SSSR count). The van der Waals surface area contributed by atoms with E-state index in [1.807, 2.05) is 12.1 Å². The van der Waals surface area contributed by atoms with Gasteiger partial charge in [0.2, 0.25) is 0 Å². The van der Waals surface area contributed by atoms with Gasteiger partial charge in [-0.05, 0) is 73.6 Å². The molecule has 0 radical (unpaired) electrons. The molecule has 0 saturated heterocycles. The summed E-state index contributed by atoms with van der Waals surface area (Å²) in [6.07, 6.45) is 18.5. The average molecular weight is 433 g/mol. The molecule has 0 aromatic heterocycles. The van der Waals surface area contributed by atoms with Crippen molar-refractivity contribution in [1.82, 2.24) is 0 Å². The van der Waals surface area contributed by atoms with Crippen molar-refractivity contribution in [3.05, 3.63) is 58.7 Å². The van der Waals surface area contributed by atoms with Gasteiger partial charge in [-0.2, -0.15) is 0 Å². The molecule has 0 spiro atoms. The summed E-state index contributed by atoms with van der Waals surface area (Å²) in [5.41, 5.74) is 5.10. The first-order valence-corrected chi connectivity index (χ1v) is 13.4. The fourth-order valence-corrected chi connectivity index (χ4v) is 7.42. The molecule has 3 fully saturated rings. The second kappa shape index (κ2) is 9.49. The van der Waals surface area contributed by atoms with Crippen LogP contribution >= 0.6 is 0 Å². The molecule has 32 heavy (non-hydrogen) atoms. The quantitative estimate of drug-likeness (QED) is 0.509. The Hall–Kier alpha value is -1.96. The minimum Gasteiger partial charge on any atom is -0.508 e. The highest BCUT2D eigenvalue weighted by Crippen LogP contribution is 2.54. The Morgan fingerprint density at radius 3 is 1.38 bits per heavy atom. The predicted octanol–water partition coefficient (Wildman–Crippen LogP) is 8.44. The van der Waals surface area contributed by atoms with Crippen LogP contribution in [-0.2, 0) is 5.41 Å². The molecule has 3 aliphatic carbocycles. The summed E-state index contributed by atoms with van der Waals surface area (Å²) in [4.78, 5) is 0. The van der Waals surface area contributed by atoms with Gasteiger partial charge >= 0.3 is 0 Å². The number of aromatic hydroxyl groups is 2. The van der Waals surface area contributed by atoms with Crippen molar-refractivity contribution in [1.29, 1.82) is 0 Å². The SMILES string of the molecule is Oc1cccc(C2(c3cccc(O)c3C3CCCCC3)CCCCC2)c1C1CCCCC1. The van der Waals surface area contributed by atoms with E-state index < -0.39 is 0 Å². The molecule has 0 amide bonds. The topological polar surface area (TPSA) is 40.5 Å². The molecule has 2 nitrogen and oxygen atoms in total. The second-order valence-electron chi connectivity index (χ2n) is 10.8. The van der Waals surface area contributed by atoms with Gasteiger partial charge in [-0.25, -0.2) is 0 Å². The van der Waals surface area contributed by atoms with E-state index in [-0.39, 0.29) is 5.41 Å². The number of benzene rings is 2. The van der Waals surface area contributed by atoms with E-state index in [4.69, 9.17) is 0 Å². The van der Waals surface area contributed by atoms with Crippen LogP contribution in [0.15, 0.2) is 36.4 Å². The maximum Gasteiger partial charge on any atom is 0.119 e. The monoisotopic (exact) mass is 432 g/mol. The summed E-state index contributed by atoms with van der Waals surface area (Å²) in [5, 5.41) is 22.3. The summed E-state index contributed by atoms with van der Waals surface area (Å²) in [5.74, 6) is 1.93. The minimum atomic E-state index is -0.0880. The van der Waals surface area contributed by atoms with Gasteiger partial charge in [-0.3, -0.25) is 0 Å². The molecule has 3 aliphatic rings. The molecule has 2 aromatic rings. The summed E-state index contributed by atoms with van der Waals surface area (Å²) in [6, 6.07) is 12.6. The fourth-order valence-electron chi connectivity index (χ4n) is 7.42. The molecule has 3 saturated carbocycles. The largest absolute Gasteiger partial charge is 0.508 e. The first-order chi connectivity index (χ1) is 15.7. The maximum absolute atomic E-state index is 11.2. The summed E-state index contributed by atoms with van der Waals surface area (Å²) in [7, 11) is 0. The van der Waals surface area contributed by atoms with Gasteiger partial charge in [-0.15, -0.1) is 0 Å². The van der Waals surface area contributed by atoms with Crippen LogP contribution in [-0.4, -0.2) is 10.2 Å². The third kappa shape index (κ3) is 3.95. The molecule has 0 aliphatic heterocycles. The Kier molecular flexibility index (Phi) is 6.49. The third-order valence-electron chi connectivity index (χ3n) is 8.93. The molecule has 0 bridgehead atoms. The highest BCUT2D eigenvalue weighted by Gasteiger charge is 2.42. The lowest BCUT2D eigenvalue weighted by Gasteiger charge is -2.43. The van der Waals surface area contributed by atoms with Gasteiger partial charge in [0.15, 0.2) is 0 Å². The van der Waals surface area contributed by atoms with Crippen LogP contribution < -0.4 is 0 Å². The number of hydrogen-bond donors (Lipinski definition) is 2. The van der Waals surface area contributed by atoms with Crippen molar-refractivity contribution >= 4 is 0 Å². The molecule has 0 heterocycles. The van der Waals surface area contributed by atoms with Crippen molar-refractivity contribution in [2.24, 2.45) is 0 Å². The van der Waals surface area contributed by atoms with Gasteiger partial charge in [-0.1, -0.05) is 82.1 Å². The Labute approximate surface area is 194 Å². The van der Waals surface area contributed by atoms with Crippen LogP contribution in [0.3, 0.4) is 0 Å². The normalized spacial score (nSPS) is 22.6. The van der Waals surface area contributed by atoms with Crippen LogP contribution in [0.4, 0.5) is 0 Å². The van der Waals surface area contributed by atoms with Gasteiger partial charge in [0.05, 0.1) is 0 Å². The average Bonchev–Trinajstić information content (AvgIpc) is 2.85. The molecular weight excluding hydrogens is 392 g/mol. The number of phenolic OH excluding ortho intramolecular Hbond substituents is 2. The maximum atomic E-state index is 11.2. The zero-order chi connectivity index (χ0) is 22.0. The molecule has 0 unspecified atom stereocenters. The van der Waals surface area contributed by atoms with Crippen molar-refractivity contribution in [3.8, 4) is 11.5 Å². The van der Waals surface area contributed by atoms with E-state index >= 15 is 0 Å². The van der Waals surface area contributed by atoms with Crippen molar-refractivity contribution in [2.75, 3.05) is 0 Å². The molecule has 0 atom stereocenters. The number of hydrogen-bond acceptors (Lipinski definition) is 2. The Morgan fingerprint density at radius 1 is 0.531 bits per heavy atom. The van der Waals surface area contributed by atoms with Gasteiger partial charge in [0.1, 0.15) is 11.5 Å². The molecule has 2 heteroatoms. The standard InChI is InChI=1S/C30H40O2/c31-26-18-10-16-24(28(26)22-12-4-1-5-13-22)30(20-8-3-9-21-30)25-17-11-19-27(32)29(25)23-14-6-2-7-15-23/h10-11,16-19,22-23,31-32H,1-9,12-15,20-21H2. The van der Waals surface area contributed by atoms with Crippen LogP contribution in [0.5, 0.6) is 11.5 Å². The lowest BCUT2D eigenvalue weighted by molar-refractivity contribution is 0.325. The van der Waals surface area contributed by atoms with E-state index in [9.17, 15) is 10.2 Å². The zero-order valence-electron chi connectivity index (χ0n) is 19.6. The first kappa shape index (κ1) is 21.9. The van der Waals surface area contributed by atoms with Crippen molar-refractivity contribution in [2.45, 2.75) is 114 Å². The predicted molar refractivity (Wildman–Crippen MR) is 132 cm³/mol. The third-order valence-corrected chi connectivity index (χ3v) is 8.93. The number of phenols is 2. The van der Waals surface area contributed by atoms with Gasteiger partial charge in [0.25, 0.3) is 0 Å². The summed E-state index contributed by atoms with van der Waals surface area (Å²) >= 11 is 0. The van der Waals surface area contributed by atoms with Crippen molar-refractivity contribution in [3.63, 3.8) is 0 Å². The van der Waals surface area contributed by atoms with Crippen LogP contribution in [0, 0.1) is 0 Å². The lowest BCUT2D eigenvalue weighted by atomic mass is 9.60. The molecule has 2 N–H and O–H groups in total. The molecule has 2 aromatic carbocycles. The van der Waals surface area contributed by atoms with Crippen LogP contribution in [0.1, 0.15) is 130 Å². The highest BCUT2D eigenvalue weighted by molar-refractivity contribution is 5.56. The van der Waals surface area contributed by atoms with E-state index in [1.54, 1.807) is 0 Å². The minimum absolute atomic E-state index is 0.0880. The Bertz CT molecular complexity index is 843. The van der Waals surface area contributed by atoms with E-state index in [2.05, 4.69) is 24.3 Å². The zero-order valence-corrected chi connectivity index (χ0v) is 19.6. The second-order valence-corrected chi connectivity index (χ2v) is 10.8. The molecular formula is C30H40O2. The smallest absolute Gasteiger partial charge is 0.119 e. The summed E-state index contributed by atoms with van der Waals surface area (Å²) < 4.78 is 0. The Morgan fingerprint density at radius 2 is 0.938 bits per heavy atom. The lowest BCUT2D eigenvalue weighted by Crippen LogP contribution is -2.34. The van der Waals surface area contributed by atoms with Crippen LogP contribution in [0.2, 0.25) is 0 Å². The Balaban J connectivity index is 1.69. The fraction of sp³-hybridized carbons (Fsp3) is 0.600. The van der Waals surface area contributed by atoms with Gasteiger partial charge < -0.3 is 10.2 Å².